The first kappa shape index (κ1) is 14.5. The number of halogens is 1. The maximum atomic E-state index is 12.4. The van der Waals surface area contributed by atoms with E-state index < -0.39 is 0 Å². The van der Waals surface area contributed by atoms with Gasteiger partial charge in [0.2, 0.25) is 0 Å². The second-order valence-electron chi connectivity index (χ2n) is 5.44. The van der Waals surface area contributed by atoms with Gasteiger partial charge in [-0.3, -0.25) is 4.79 Å². The van der Waals surface area contributed by atoms with Crippen LogP contribution in [-0.4, -0.2) is 19.1 Å². The van der Waals surface area contributed by atoms with Crippen LogP contribution in [0.3, 0.4) is 0 Å². The highest BCUT2D eigenvalue weighted by Gasteiger charge is 2.45. The molecule has 1 atom stereocenters. The minimum Gasteiger partial charge on any atom is -0.460 e. The van der Waals surface area contributed by atoms with Crippen molar-refractivity contribution < 1.29 is 9.53 Å². The number of esters is 1. The highest BCUT2D eigenvalue weighted by Crippen LogP contribution is 2.35. The summed E-state index contributed by atoms with van der Waals surface area (Å²) in [7, 11) is 0. The predicted molar refractivity (Wildman–Crippen MR) is 78.7 cm³/mol. The van der Waals surface area contributed by atoms with Crippen LogP contribution < -0.4 is 5.32 Å². The first-order chi connectivity index (χ1) is 9.04. The lowest BCUT2D eigenvalue weighted by molar-refractivity contribution is -0.159. The Bertz CT molecular complexity index is 436. The Morgan fingerprint density at radius 2 is 2.11 bits per heavy atom. The summed E-state index contributed by atoms with van der Waals surface area (Å²) in [6, 6.07) is 7.84. The summed E-state index contributed by atoms with van der Waals surface area (Å²) in [6.45, 7) is 6.15. The molecule has 19 heavy (non-hydrogen) atoms. The van der Waals surface area contributed by atoms with E-state index in [1.807, 2.05) is 24.3 Å². The molecule has 0 radical (unpaired) electrons. The average molecular weight is 326 g/mol. The maximum absolute atomic E-state index is 12.4. The number of carbonyl (C=O) groups excluding carboxylic acids is 1. The molecule has 0 aromatic heterocycles. The molecule has 1 unspecified atom stereocenters. The number of benzene rings is 1. The molecule has 3 nitrogen and oxygen atoms in total. The van der Waals surface area contributed by atoms with Gasteiger partial charge in [0.15, 0.2) is 0 Å². The smallest absolute Gasteiger partial charge is 0.314 e. The van der Waals surface area contributed by atoms with Crippen molar-refractivity contribution in [1.82, 2.24) is 5.32 Å². The van der Waals surface area contributed by atoms with Crippen molar-refractivity contribution in [2.45, 2.75) is 26.9 Å². The van der Waals surface area contributed by atoms with Gasteiger partial charge < -0.3 is 10.1 Å². The van der Waals surface area contributed by atoms with E-state index >= 15 is 0 Å². The van der Waals surface area contributed by atoms with Crippen LogP contribution in [-0.2, 0) is 16.1 Å². The summed E-state index contributed by atoms with van der Waals surface area (Å²) >= 11 is 3.39. The molecule has 104 valence electrons. The predicted octanol–water partition coefficient (Wildman–Crippen LogP) is 3.13. The van der Waals surface area contributed by atoms with Gasteiger partial charge in [-0.2, -0.15) is 0 Å². The van der Waals surface area contributed by atoms with Gasteiger partial charge >= 0.3 is 5.97 Å². The first-order valence-electron chi connectivity index (χ1n) is 6.67. The van der Waals surface area contributed by atoms with E-state index in [0.29, 0.717) is 12.5 Å². The summed E-state index contributed by atoms with van der Waals surface area (Å²) in [5.74, 6) is 0.218. The summed E-state index contributed by atoms with van der Waals surface area (Å²) in [5, 5.41) is 3.27. The van der Waals surface area contributed by atoms with Crippen LogP contribution >= 0.6 is 15.9 Å². The number of rotatable bonds is 4. The summed E-state index contributed by atoms with van der Waals surface area (Å²) < 4.78 is 6.55. The molecule has 4 heteroatoms. The number of carbonyl (C=O) groups is 1. The molecule has 1 heterocycles. The van der Waals surface area contributed by atoms with E-state index in [1.54, 1.807) is 0 Å². The lowest BCUT2D eigenvalue weighted by atomic mass is 9.76. The van der Waals surface area contributed by atoms with Gasteiger partial charge in [0.05, 0.1) is 5.41 Å². The zero-order valence-corrected chi connectivity index (χ0v) is 13.0. The van der Waals surface area contributed by atoms with Crippen molar-refractivity contribution in [3.05, 3.63) is 34.3 Å². The minimum atomic E-state index is -0.352. The van der Waals surface area contributed by atoms with E-state index in [-0.39, 0.29) is 11.4 Å². The van der Waals surface area contributed by atoms with Gasteiger partial charge in [-0.05, 0) is 36.6 Å². The van der Waals surface area contributed by atoms with Gasteiger partial charge in [-0.1, -0.05) is 41.9 Å². The number of nitrogens with one attached hydrogen (secondary N) is 1. The van der Waals surface area contributed by atoms with Crippen LogP contribution in [0, 0.1) is 11.3 Å². The number of hydrogen-bond donors (Lipinski definition) is 1. The molecule has 2 rings (SSSR count). The second kappa shape index (κ2) is 6.06. The summed E-state index contributed by atoms with van der Waals surface area (Å²) in [6.07, 6.45) is 0.865. The van der Waals surface area contributed by atoms with Crippen LogP contribution in [0.2, 0.25) is 0 Å². The molecule has 1 aromatic carbocycles. The Morgan fingerprint density at radius 3 is 2.63 bits per heavy atom. The van der Waals surface area contributed by atoms with Crippen LogP contribution in [0.4, 0.5) is 0 Å². The topological polar surface area (TPSA) is 38.3 Å². The molecule has 0 aliphatic carbocycles. The van der Waals surface area contributed by atoms with Crippen LogP contribution in [0.5, 0.6) is 0 Å². The molecule has 0 saturated carbocycles. The van der Waals surface area contributed by atoms with Gasteiger partial charge in [0.25, 0.3) is 0 Å². The third-order valence-electron chi connectivity index (χ3n) is 3.98. The fourth-order valence-corrected chi connectivity index (χ4v) is 2.75. The Kier molecular flexibility index (Phi) is 4.63. The van der Waals surface area contributed by atoms with Crippen molar-refractivity contribution in [1.29, 1.82) is 0 Å². The lowest BCUT2D eigenvalue weighted by Gasteiger charge is -2.29. The average Bonchev–Trinajstić information content (AvgIpc) is 2.88. The molecular formula is C15H20BrNO2. The molecule has 1 fully saturated rings. The molecule has 0 spiro atoms. The van der Waals surface area contributed by atoms with Crippen LogP contribution in [0.15, 0.2) is 28.7 Å². The molecule has 1 aliphatic heterocycles. The van der Waals surface area contributed by atoms with E-state index in [2.05, 4.69) is 35.1 Å². The fraction of sp³-hybridized carbons (Fsp3) is 0.533. The van der Waals surface area contributed by atoms with E-state index in [0.717, 1.165) is 29.5 Å². The molecular weight excluding hydrogens is 306 g/mol. The number of hydrogen-bond acceptors (Lipinski definition) is 3. The third-order valence-corrected chi connectivity index (χ3v) is 4.51. The van der Waals surface area contributed by atoms with Gasteiger partial charge in [0, 0.05) is 11.0 Å². The zero-order chi connectivity index (χ0) is 13.9. The van der Waals surface area contributed by atoms with Crippen LogP contribution in [0.25, 0.3) is 0 Å². The van der Waals surface area contributed by atoms with Crippen molar-refractivity contribution in [3.8, 4) is 0 Å². The monoisotopic (exact) mass is 325 g/mol. The first-order valence-corrected chi connectivity index (χ1v) is 7.46. The Morgan fingerprint density at radius 1 is 1.42 bits per heavy atom. The van der Waals surface area contributed by atoms with Gasteiger partial charge in [0.1, 0.15) is 6.61 Å². The summed E-state index contributed by atoms with van der Waals surface area (Å²) in [4.78, 5) is 12.4. The SMILES string of the molecule is CC(C)C1(C(=O)OCc2ccc(Br)cc2)CCNC1. The fourth-order valence-electron chi connectivity index (χ4n) is 2.49. The highest BCUT2D eigenvalue weighted by atomic mass is 79.9. The van der Waals surface area contributed by atoms with E-state index in [9.17, 15) is 4.79 Å². The van der Waals surface area contributed by atoms with Crippen molar-refractivity contribution in [2.75, 3.05) is 13.1 Å². The highest BCUT2D eigenvalue weighted by molar-refractivity contribution is 9.10. The normalized spacial score (nSPS) is 22.7. The summed E-state index contributed by atoms with van der Waals surface area (Å²) in [5.41, 5.74) is 0.663. The molecule has 0 amide bonds. The number of ether oxygens (including phenoxy) is 1. The Balaban J connectivity index is 1.98. The van der Waals surface area contributed by atoms with E-state index in [1.165, 1.54) is 0 Å². The molecule has 1 aliphatic rings. The zero-order valence-electron chi connectivity index (χ0n) is 11.4. The quantitative estimate of drug-likeness (QED) is 0.864. The molecule has 0 bridgehead atoms. The Hall–Kier alpha value is -0.870. The Labute approximate surface area is 122 Å². The minimum absolute atomic E-state index is 0.0737. The van der Waals surface area contributed by atoms with Crippen LogP contribution in [0.1, 0.15) is 25.8 Å². The standard InChI is InChI=1S/C15H20BrNO2/c1-11(2)15(7-8-17-10-15)14(18)19-9-12-3-5-13(16)6-4-12/h3-6,11,17H,7-10H2,1-2H3. The van der Waals surface area contributed by atoms with E-state index in [4.69, 9.17) is 4.74 Å². The van der Waals surface area contributed by atoms with Gasteiger partial charge in [-0.15, -0.1) is 0 Å². The maximum Gasteiger partial charge on any atom is 0.314 e. The second-order valence-corrected chi connectivity index (χ2v) is 6.36. The van der Waals surface area contributed by atoms with Crippen molar-refractivity contribution in [3.63, 3.8) is 0 Å². The third kappa shape index (κ3) is 3.18. The van der Waals surface area contributed by atoms with Crippen molar-refractivity contribution >= 4 is 21.9 Å². The van der Waals surface area contributed by atoms with Crippen molar-refractivity contribution in [2.24, 2.45) is 11.3 Å². The molecule has 1 aromatic rings. The molecule has 1 N–H and O–H groups in total. The lowest BCUT2D eigenvalue weighted by Crippen LogP contribution is -2.39. The van der Waals surface area contributed by atoms with Gasteiger partial charge in [-0.25, -0.2) is 0 Å². The largest absolute Gasteiger partial charge is 0.460 e. The molecule has 1 saturated heterocycles.